The number of aromatic nitrogens is 3. The zero-order chi connectivity index (χ0) is 17.8. The molecule has 1 saturated heterocycles. The van der Waals surface area contributed by atoms with Crippen molar-refractivity contribution < 1.29 is 4.74 Å². The lowest BCUT2D eigenvalue weighted by Gasteiger charge is -2.34. The second kappa shape index (κ2) is 7.65. The third kappa shape index (κ3) is 4.79. The molecule has 1 aromatic heterocycles. The first kappa shape index (κ1) is 17.4. The number of rotatable bonds is 5. The number of hydrogen-bond acceptors (Lipinski definition) is 7. The van der Waals surface area contributed by atoms with Gasteiger partial charge in [0, 0.05) is 18.8 Å². The molecule has 3 rings (SSSR count). The van der Waals surface area contributed by atoms with E-state index in [-0.39, 0.29) is 5.95 Å². The number of nitrogen functional groups attached to an aromatic ring is 1. The Morgan fingerprint density at radius 1 is 1.12 bits per heavy atom. The summed E-state index contributed by atoms with van der Waals surface area (Å²) < 4.78 is 5.16. The number of nitrogens with two attached hydrogens (primary N) is 1. The van der Waals surface area contributed by atoms with Gasteiger partial charge in [0.25, 0.3) is 0 Å². The van der Waals surface area contributed by atoms with E-state index >= 15 is 0 Å². The Balaban J connectivity index is 1.71. The molecule has 7 heteroatoms. The number of nitrogens with zero attached hydrogens (tertiary/aromatic N) is 4. The highest BCUT2D eigenvalue weighted by Gasteiger charge is 2.22. The average molecular weight is 342 g/mol. The van der Waals surface area contributed by atoms with Gasteiger partial charge in [-0.3, -0.25) is 4.90 Å². The molecule has 0 bridgehead atoms. The number of nitrogens with one attached hydrogen (secondary N) is 1. The minimum atomic E-state index is 0.235. The van der Waals surface area contributed by atoms with Gasteiger partial charge in [0.15, 0.2) is 0 Å². The number of methoxy groups -OCH3 is 1. The van der Waals surface area contributed by atoms with Gasteiger partial charge in [-0.25, -0.2) is 0 Å². The van der Waals surface area contributed by atoms with Crippen LogP contribution in [0.2, 0.25) is 0 Å². The zero-order valence-corrected chi connectivity index (χ0v) is 15.1. The average Bonchev–Trinajstić information content (AvgIpc) is 2.54. The summed E-state index contributed by atoms with van der Waals surface area (Å²) in [7, 11) is 1.64. The topological polar surface area (TPSA) is 89.2 Å². The van der Waals surface area contributed by atoms with Gasteiger partial charge >= 0.3 is 0 Å². The van der Waals surface area contributed by atoms with Crippen molar-refractivity contribution in [1.29, 1.82) is 0 Å². The zero-order valence-electron chi connectivity index (χ0n) is 15.1. The van der Waals surface area contributed by atoms with Gasteiger partial charge in [0.2, 0.25) is 11.9 Å². The van der Waals surface area contributed by atoms with Gasteiger partial charge in [0.05, 0.1) is 13.7 Å². The maximum atomic E-state index is 5.88. The van der Waals surface area contributed by atoms with E-state index in [1.165, 1.54) is 6.42 Å². The molecular weight excluding hydrogens is 316 g/mol. The van der Waals surface area contributed by atoms with E-state index in [4.69, 9.17) is 10.5 Å². The normalized spacial score (nSPS) is 21.1. The number of ether oxygens (including phenoxy) is 1. The summed E-state index contributed by atoms with van der Waals surface area (Å²) in [4.78, 5) is 15.4. The molecule has 1 aromatic carbocycles. The highest BCUT2D eigenvalue weighted by atomic mass is 16.5. The summed E-state index contributed by atoms with van der Waals surface area (Å²) in [6.45, 7) is 7.41. The van der Waals surface area contributed by atoms with E-state index in [0.717, 1.165) is 24.5 Å². The van der Waals surface area contributed by atoms with Crippen LogP contribution in [0, 0.1) is 11.8 Å². The summed E-state index contributed by atoms with van der Waals surface area (Å²) in [6, 6.07) is 7.58. The first-order valence-electron chi connectivity index (χ1n) is 8.65. The van der Waals surface area contributed by atoms with Crippen LogP contribution in [0.15, 0.2) is 24.3 Å². The van der Waals surface area contributed by atoms with Crippen LogP contribution in [0.1, 0.15) is 26.1 Å². The van der Waals surface area contributed by atoms with E-state index in [1.54, 1.807) is 7.11 Å². The molecule has 25 heavy (non-hydrogen) atoms. The molecule has 134 valence electrons. The third-order valence-corrected chi connectivity index (χ3v) is 4.35. The van der Waals surface area contributed by atoms with Gasteiger partial charge in [-0.15, -0.1) is 0 Å². The van der Waals surface area contributed by atoms with Crippen molar-refractivity contribution >= 4 is 17.6 Å². The molecule has 1 aliphatic rings. The van der Waals surface area contributed by atoms with Gasteiger partial charge < -0.3 is 15.8 Å². The van der Waals surface area contributed by atoms with Crippen LogP contribution in [0.4, 0.5) is 17.6 Å². The number of piperidine rings is 1. The Morgan fingerprint density at radius 2 is 1.80 bits per heavy atom. The van der Waals surface area contributed by atoms with Gasteiger partial charge in [0.1, 0.15) is 11.6 Å². The Labute approximate surface area is 148 Å². The predicted molar refractivity (Wildman–Crippen MR) is 98.7 cm³/mol. The van der Waals surface area contributed by atoms with Crippen molar-refractivity contribution in [3.8, 4) is 5.75 Å². The molecular formula is C18H26N6O. The number of hydrogen-bond donors (Lipinski definition) is 2. The summed E-state index contributed by atoms with van der Waals surface area (Å²) in [5.74, 6) is 3.59. The van der Waals surface area contributed by atoms with Gasteiger partial charge in [-0.05, 0) is 42.5 Å². The predicted octanol–water partition coefficient (Wildman–Crippen LogP) is 2.68. The Kier molecular flexibility index (Phi) is 5.33. The highest BCUT2D eigenvalue weighted by molar-refractivity contribution is 5.55. The van der Waals surface area contributed by atoms with Crippen LogP contribution in [0.5, 0.6) is 5.75 Å². The first-order chi connectivity index (χ1) is 12.0. The largest absolute Gasteiger partial charge is 0.497 e. The van der Waals surface area contributed by atoms with Gasteiger partial charge in [-0.2, -0.15) is 15.0 Å². The molecule has 0 radical (unpaired) electrons. The van der Waals surface area contributed by atoms with Gasteiger partial charge in [-0.1, -0.05) is 13.8 Å². The summed E-state index contributed by atoms with van der Waals surface area (Å²) in [5.41, 5.74) is 6.75. The molecule has 1 fully saturated rings. The maximum Gasteiger partial charge on any atom is 0.232 e. The molecule has 2 atom stereocenters. The fourth-order valence-corrected chi connectivity index (χ4v) is 3.49. The van der Waals surface area contributed by atoms with Crippen molar-refractivity contribution in [2.75, 3.05) is 31.2 Å². The number of likely N-dealkylation sites (tertiary alicyclic amines) is 1. The second-order valence-electron chi connectivity index (χ2n) is 6.93. The molecule has 1 aliphatic heterocycles. The van der Waals surface area contributed by atoms with Crippen molar-refractivity contribution in [1.82, 2.24) is 19.9 Å². The van der Waals surface area contributed by atoms with Crippen molar-refractivity contribution in [3.05, 3.63) is 30.1 Å². The quantitative estimate of drug-likeness (QED) is 0.863. The monoisotopic (exact) mass is 342 g/mol. The Hall–Kier alpha value is -2.41. The highest BCUT2D eigenvalue weighted by Crippen LogP contribution is 2.22. The lowest BCUT2D eigenvalue weighted by atomic mass is 9.92. The molecule has 7 nitrogen and oxygen atoms in total. The first-order valence-corrected chi connectivity index (χ1v) is 8.65. The molecule has 2 aromatic rings. The van der Waals surface area contributed by atoms with Crippen LogP contribution in [-0.4, -0.2) is 40.1 Å². The maximum absolute atomic E-state index is 5.88. The van der Waals surface area contributed by atoms with Crippen LogP contribution in [0.25, 0.3) is 0 Å². The molecule has 0 unspecified atom stereocenters. The fourth-order valence-electron chi connectivity index (χ4n) is 3.49. The molecule has 0 aliphatic carbocycles. The van der Waals surface area contributed by atoms with E-state index in [1.807, 2.05) is 24.3 Å². The molecule has 0 saturated carbocycles. The van der Waals surface area contributed by atoms with Crippen molar-refractivity contribution in [3.63, 3.8) is 0 Å². The summed E-state index contributed by atoms with van der Waals surface area (Å²) in [5, 5.41) is 3.17. The Morgan fingerprint density at radius 3 is 2.44 bits per heavy atom. The summed E-state index contributed by atoms with van der Waals surface area (Å²) in [6.07, 6.45) is 1.28. The Bertz CT molecular complexity index is 695. The standard InChI is InChI=1S/C18H26N6O/c1-12-8-13(2)10-24(9-12)11-16-21-17(19)23-18(22-16)20-14-4-6-15(25-3)7-5-14/h4-7,12-13H,8-11H2,1-3H3,(H3,19,20,21,22,23)/t12-,13-/m1/s1. The van der Waals surface area contributed by atoms with E-state index < -0.39 is 0 Å². The van der Waals surface area contributed by atoms with Crippen LogP contribution >= 0.6 is 0 Å². The fraction of sp³-hybridized carbons (Fsp3) is 0.500. The van der Waals surface area contributed by atoms with Crippen LogP contribution < -0.4 is 15.8 Å². The minimum absolute atomic E-state index is 0.235. The number of benzene rings is 1. The number of anilines is 3. The molecule has 3 N–H and O–H groups in total. The molecule has 0 spiro atoms. The molecule has 2 heterocycles. The molecule has 0 amide bonds. The smallest absolute Gasteiger partial charge is 0.232 e. The second-order valence-corrected chi connectivity index (χ2v) is 6.93. The third-order valence-electron chi connectivity index (χ3n) is 4.35. The van der Waals surface area contributed by atoms with E-state index in [9.17, 15) is 0 Å². The van der Waals surface area contributed by atoms with Crippen molar-refractivity contribution in [2.24, 2.45) is 11.8 Å². The minimum Gasteiger partial charge on any atom is -0.497 e. The van der Waals surface area contributed by atoms with E-state index in [0.29, 0.717) is 30.2 Å². The SMILES string of the molecule is COc1ccc(Nc2nc(N)nc(CN3C[C@H](C)C[C@@H](C)C3)n2)cc1. The summed E-state index contributed by atoms with van der Waals surface area (Å²) >= 11 is 0. The lowest BCUT2D eigenvalue weighted by Crippen LogP contribution is -2.38. The van der Waals surface area contributed by atoms with E-state index in [2.05, 4.69) is 39.0 Å². The van der Waals surface area contributed by atoms with Crippen LogP contribution in [-0.2, 0) is 6.54 Å². The van der Waals surface area contributed by atoms with Crippen LogP contribution in [0.3, 0.4) is 0 Å². The van der Waals surface area contributed by atoms with Crippen molar-refractivity contribution in [2.45, 2.75) is 26.8 Å². The lowest BCUT2D eigenvalue weighted by molar-refractivity contribution is 0.131.